The van der Waals surface area contributed by atoms with Crippen molar-refractivity contribution in [2.75, 3.05) is 11.5 Å². The molecular formula is C31H46N4O3S. The van der Waals surface area contributed by atoms with Crippen LogP contribution in [0.3, 0.4) is 0 Å². The van der Waals surface area contributed by atoms with Crippen LogP contribution >= 0.6 is 12.2 Å². The predicted octanol–water partition coefficient (Wildman–Crippen LogP) is 6.71. The van der Waals surface area contributed by atoms with Gasteiger partial charge in [0.15, 0.2) is 5.78 Å². The number of amides is 1. The Morgan fingerprint density at radius 1 is 1.26 bits per heavy atom. The quantitative estimate of drug-likeness (QED) is 0.196. The van der Waals surface area contributed by atoms with E-state index in [4.69, 9.17) is 17.0 Å². The van der Waals surface area contributed by atoms with Crippen molar-refractivity contribution in [2.24, 2.45) is 5.92 Å². The van der Waals surface area contributed by atoms with Gasteiger partial charge in [0.25, 0.3) is 5.91 Å². The molecule has 1 heterocycles. The van der Waals surface area contributed by atoms with Crippen molar-refractivity contribution < 1.29 is 14.3 Å². The molecule has 2 unspecified atom stereocenters. The van der Waals surface area contributed by atoms with Crippen LogP contribution in [-0.2, 0) is 9.59 Å². The molecule has 1 saturated heterocycles. The topological polar surface area (TPSA) is 73.9 Å². The number of ether oxygens (including phenoxy) is 1. The van der Waals surface area contributed by atoms with E-state index in [9.17, 15) is 9.59 Å². The van der Waals surface area contributed by atoms with Crippen LogP contribution in [0, 0.1) is 5.92 Å². The fourth-order valence-electron chi connectivity index (χ4n) is 5.45. The van der Waals surface area contributed by atoms with Gasteiger partial charge in [-0.3, -0.25) is 14.6 Å². The number of allylic oxidation sites excluding steroid dienone is 2. The number of ketones is 1. The zero-order valence-electron chi connectivity index (χ0n) is 24.6. The third kappa shape index (κ3) is 6.22. The van der Waals surface area contributed by atoms with Crippen LogP contribution in [0.4, 0.5) is 5.69 Å². The Kier molecular flexibility index (Phi) is 10.7. The van der Waals surface area contributed by atoms with Gasteiger partial charge >= 0.3 is 0 Å². The highest BCUT2D eigenvalue weighted by atomic mass is 32.1. The van der Waals surface area contributed by atoms with Crippen LogP contribution in [0.25, 0.3) is 0 Å². The van der Waals surface area contributed by atoms with Crippen LogP contribution in [0.5, 0.6) is 5.75 Å². The number of hydrogen-bond acceptors (Lipinski definition) is 6. The van der Waals surface area contributed by atoms with Crippen LogP contribution in [0.2, 0.25) is 0 Å². The van der Waals surface area contributed by atoms with Crippen molar-refractivity contribution in [1.82, 2.24) is 15.8 Å². The van der Waals surface area contributed by atoms with Crippen molar-refractivity contribution in [3.63, 3.8) is 0 Å². The van der Waals surface area contributed by atoms with E-state index in [1.165, 1.54) is 0 Å². The fourth-order valence-corrected chi connectivity index (χ4v) is 5.78. The minimum atomic E-state index is -0.601. The molecule has 1 aliphatic heterocycles. The third-order valence-electron chi connectivity index (χ3n) is 8.18. The molecule has 1 saturated carbocycles. The lowest BCUT2D eigenvalue weighted by Gasteiger charge is -2.48. The Balaban J connectivity index is 2.08. The molecule has 8 heteroatoms. The normalized spacial score (nSPS) is 20.4. The molecule has 7 nitrogen and oxygen atoms in total. The second-order valence-electron chi connectivity index (χ2n) is 10.7. The minimum Gasteiger partial charge on any atom is -0.493 e. The SMILES string of the molecule is C=C(CCC)N1NC(c2cc(N(C=S)C3(C(=O)CCC)CCC3)ccc2OCC)NC(=O)/C1=C(\C)C(C)CC. The summed E-state index contributed by atoms with van der Waals surface area (Å²) in [7, 11) is 0. The maximum atomic E-state index is 13.7. The second-order valence-corrected chi connectivity index (χ2v) is 10.9. The summed E-state index contributed by atoms with van der Waals surface area (Å²) in [6.45, 7) is 17.1. The third-order valence-corrected chi connectivity index (χ3v) is 8.39. The Morgan fingerprint density at radius 2 is 1.95 bits per heavy atom. The van der Waals surface area contributed by atoms with Gasteiger partial charge in [-0.25, -0.2) is 5.43 Å². The van der Waals surface area contributed by atoms with Crippen molar-refractivity contribution in [3.05, 3.63) is 47.3 Å². The Hall–Kier alpha value is -2.71. The lowest BCUT2D eigenvalue weighted by Crippen LogP contribution is -2.59. The molecule has 2 fully saturated rings. The first-order chi connectivity index (χ1) is 18.7. The molecule has 2 aliphatic rings. The van der Waals surface area contributed by atoms with Gasteiger partial charge in [0, 0.05) is 23.4 Å². The van der Waals surface area contributed by atoms with E-state index in [1.54, 1.807) is 5.49 Å². The maximum Gasteiger partial charge on any atom is 0.270 e. The largest absolute Gasteiger partial charge is 0.493 e. The molecule has 1 aromatic carbocycles. The fraction of sp³-hybridized carbons (Fsp3) is 0.581. The second kappa shape index (κ2) is 13.6. The van der Waals surface area contributed by atoms with Gasteiger partial charge in [-0.1, -0.05) is 52.9 Å². The van der Waals surface area contributed by atoms with Crippen molar-refractivity contribution in [3.8, 4) is 5.75 Å². The Bertz CT molecular complexity index is 1110. The van der Waals surface area contributed by atoms with Crippen molar-refractivity contribution in [1.29, 1.82) is 0 Å². The van der Waals surface area contributed by atoms with Crippen LogP contribution in [-0.4, -0.2) is 34.3 Å². The van der Waals surface area contributed by atoms with Gasteiger partial charge in [0.05, 0.1) is 12.1 Å². The number of nitrogens with one attached hydrogen (secondary N) is 2. The van der Waals surface area contributed by atoms with E-state index in [-0.39, 0.29) is 17.6 Å². The van der Waals surface area contributed by atoms with E-state index in [0.717, 1.165) is 67.5 Å². The van der Waals surface area contributed by atoms with Gasteiger partial charge in [0.2, 0.25) is 0 Å². The van der Waals surface area contributed by atoms with E-state index >= 15 is 0 Å². The molecular weight excluding hydrogens is 508 g/mol. The van der Waals surface area contributed by atoms with E-state index < -0.39 is 11.7 Å². The standard InChI is InChI=1S/C31H46N4O3S/c1-8-13-22(6)35-28(23(7)21(5)10-3)30(37)32-29(33-35)25-19-24(15-16-26(25)38-11-4)34(20-39)31(17-12-18-31)27(36)14-9-2/h15-16,19-21,29,33H,6,8-14,17-18H2,1-5,7H3,(H,32,37)/b28-23-. The van der Waals surface area contributed by atoms with Crippen LogP contribution in [0.15, 0.2) is 41.7 Å². The lowest BCUT2D eigenvalue weighted by molar-refractivity contribution is -0.126. The summed E-state index contributed by atoms with van der Waals surface area (Å²) in [5, 5.41) is 5.04. The van der Waals surface area contributed by atoms with E-state index in [0.29, 0.717) is 24.5 Å². The monoisotopic (exact) mass is 554 g/mol. The summed E-state index contributed by atoms with van der Waals surface area (Å²) in [6, 6.07) is 5.85. The first-order valence-electron chi connectivity index (χ1n) is 14.5. The highest BCUT2D eigenvalue weighted by Crippen LogP contribution is 2.43. The molecule has 214 valence electrons. The highest BCUT2D eigenvalue weighted by Gasteiger charge is 2.48. The van der Waals surface area contributed by atoms with Crippen LogP contribution < -0.4 is 20.4 Å². The summed E-state index contributed by atoms with van der Waals surface area (Å²) in [5.41, 5.74) is 8.58. The molecule has 1 amide bonds. The summed E-state index contributed by atoms with van der Waals surface area (Å²) < 4.78 is 6.01. The average Bonchev–Trinajstić information content (AvgIpc) is 2.90. The number of carbonyl (C=O) groups is 2. The summed E-state index contributed by atoms with van der Waals surface area (Å²) in [6.07, 6.45) is 5.95. The smallest absolute Gasteiger partial charge is 0.270 e. The van der Waals surface area contributed by atoms with E-state index in [2.05, 4.69) is 38.1 Å². The lowest BCUT2D eigenvalue weighted by atomic mass is 9.71. The minimum absolute atomic E-state index is 0.151. The van der Waals surface area contributed by atoms with Crippen molar-refractivity contribution in [2.45, 2.75) is 105 Å². The van der Waals surface area contributed by atoms with Crippen LogP contribution in [0.1, 0.15) is 105 Å². The number of nitrogens with zero attached hydrogens (tertiary/aromatic N) is 2. The zero-order chi connectivity index (χ0) is 28.7. The number of hydrazine groups is 1. The first kappa shape index (κ1) is 30.8. The molecule has 0 aromatic heterocycles. The average molecular weight is 555 g/mol. The zero-order valence-corrected chi connectivity index (χ0v) is 25.4. The maximum absolute atomic E-state index is 13.7. The molecule has 39 heavy (non-hydrogen) atoms. The number of rotatable bonds is 14. The summed E-state index contributed by atoms with van der Waals surface area (Å²) in [5.74, 6) is 0.994. The van der Waals surface area contributed by atoms with Gasteiger partial charge < -0.3 is 15.0 Å². The number of benzene rings is 1. The Labute approximate surface area is 240 Å². The molecule has 1 aliphatic carbocycles. The highest BCUT2D eigenvalue weighted by molar-refractivity contribution is 7.79. The molecule has 3 rings (SSSR count). The van der Waals surface area contributed by atoms with Gasteiger partial charge in [0.1, 0.15) is 23.2 Å². The van der Waals surface area contributed by atoms with E-state index in [1.807, 2.05) is 48.9 Å². The Morgan fingerprint density at radius 3 is 2.49 bits per heavy atom. The number of hydrogen-bond donors (Lipinski definition) is 2. The summed E-state index contributed by atoms with van der Waals surface area (Å²) in [4.78, 5) is 28.9. The summed E-state index contributed by atoms with van der Waals surface area (Å²) >= 11 is 5.48. The first-order valence-corrected chi connectivity index (χ1v) is 15.0. The van der Waals surface area contributed by atoms with Gasteiger partial charge in [-0.15, -0.1) is 0 Å². The molecule has 0 spiro atoms. The number of Topliss-reactive ketones (excluding diaryl/α,β-unsaturated/α-hetero) is 1. The number of thiocarbonyl (C=S) groups is 1. The molecule has 0 bridgehead atoms. The number of carbonyl (C=O) groups excluding carboxylic acids is 2. The van der Waals surface area contributed by atoms with Gasteiger partial charge in [-0.2, -0.15) is 0 Å². The van der Waals surface area contributed by atoms with Gasteiger partial charge in [-0.05, 0) is 82.1 Å². The van der Waals surface area contributed by atoms with Crippen molar-refractivity contribution >= 4 is 35.1 Å². The predicted molar refractivity (Wildman–Crippen MR) is 162 cm³/mol. The molecule has 0 radical (unpaired) electrons. The molecule has 2 N–H and O–H groups in total. The number of anilines is 1. The molecule has 2 atom stereocenters. The molecule has 1 aromatic rings.